The third-order valence-electron chi connectivity index (χ3n) is 3.29. The molecule has 0 radical (unpaired) electrons. The minimum Gasteiger partial charge on any atom is -0.385 e. The zero-order valence-electron chi connectivity index (χ0n) is 10.4. The number of hydrogen-bond acceptors (Lipinski definition) is 3. The summed E-state index contributed by atoms with van der Waals surface area (Å²) < 4.78 is 0. The van der Waals surface area contributed by atoms with Crippen molar-refractivity contribution in [1.82, 2.24) is 0 Å². The molecule has 5 heteroatoms. The topological polar surface area (TPSA) is 55.2 Å². The predicted octanol–water partition coefficient (Wildman–Crippen LogP) is 4.16. The maximum atomic E-state index is 10.7. The molecule has 0 unspecified atom stereocenters. The van der Waals surface area contributed by atoms with Gasteiger partial charge in [0.15, 0.2) is 0 Å². The van der Waals surface area contributed by atoms with Crippen molar-refractivity contribution < 1.29 is 4.92 Å². The van der Waals surface area contributed by atoms with Crippen LogP contribution in [-0.4, -0.2) is 11.5 Å². The molecule has 1 N–H and O–H groups in total. The van der Waals surface area contributed by atoms with Crippen LogP contribution in [0.1, 0.15) is 31.2 Å². The lowest BCUT2D eigenvalue weighted by atomic mass is 10.1. The molecule has 18 heavy (non-hydrogen) atoms. The van der Waals surface area contributed by atoms with Crippen LogP contribution in [-0.2, 0) is 0 Å². The summed E-state index contributed by atoms with van der Waals surface area (Å²) in [6.45, 7) is 2.75. The minimum absolute atomic E-state index is 0.0299. The Labute approximate surface area is 111 Å². The first kappa shape index (κ1) is 13.1. The predicted molar refractivity (Wildman–Crippen MR) is 73.3 cm³/mol. The van der Waals surface area contributed by atoms with E-state index in [9.17, 15) is 10.1 Å². The summed E-state index contributed by atoms with van der Waals surface area (Å²) in [6, 6.07) is 3.16. The summed E-state index contributed by atoms with van der Waals surface area (Å²) in [4.78, 5) is 10.3. The van der Waals surface area contributed by atoms with E-state index in [4.69, 9.17) is 11.6 Å². The van der Waals surface area contributed by atoms with E-state index in [2.05, 4.69) is 5.32 Å². The van der Waals surface area contributed by atoms with Gasteiger partial charge in [0.25, 0.3) is 5.69 Å². The van der Waals surface area contributed by atoms with Gasteiger partial charge in [-0.2, -0.15) is 0 Å². The molecule has 1 aliphatic carbocycles. The van der Waals surface area contributed by atoms with Gasteiger partial charge in [-0.25, -0.2) is 0 Å². The second-order valence-corrected chi connectivity index (χ2v) is 5.30. The normalized spacial score (nSPS) is 14.6. The number of nitro benzene ring substituents is 1. The average Bonchev–Trinajstić information content (AvgIpc) is 3.12. The van der Waals surface area contributed by atoms with Gasteiger partial charge in [0, 0.05) is 18.3 Å². The second kappa shape index (κ2) is 5.57. The lowest BCUT2D eigenvalue weighted by Crippen LogP contribution is -2.04. The number of hydrogen-bond donors (Lipinski definition) is 1. The van der Waals surface area contributed by atoms with Gasteiger partial charge in [-0.05, 0) is 37.3 Å². The first-order valence-corrected chi connectivity index (χ1v) is 6.64. The molecule has 0 amide bonds. The van der Waals surface area contributed by atoms with Crippen LogP contribution in [0.25, 0.3) is 0 Å². The van der Waals surface area contributed by atoms with Crippen LogP contribution in [0.3, 0.4) is 0 Å². The Morgan fingerprint density at radius 2 is 2.22 bits per heavy atom. The molecule has 0 heterocycles. The fraction of sp³-hybridized carbons (Fsp3) is 0.538. The highest BCUT2D eigenvalue weighted by Crippen LogP contribution is 2.34. The molecule has 4 nitrogen and oxygen atoms in total. The molecule has 2 rings (SSSR count). The summed E-state index contributed by atoms with van der Waals surface area (Å²) in [7, 11) is 0. The third kappa shape index (κ3) is 3.35. The van der Waals surface area contributed by atoms with Gasteiger partial charge in [-0.15, -0.1) is 0 Å². The Hall–Kier alpha value is -1.29. The lowest BCUT2D eigenvalue weighted by Gasteiger charge is -2.10. The molecule has 0 saturated heterocycles. The van der Waals surface area contributed by atoms with Crippen molar-refractivity contribution in [2.24, 2.45) is 5.92 Å². The summed E-state index contributed by atoms with van der Waals surface area (Å²) >= 11 is 5.89. The molecule has 1 fully saturated rings. The zero-order chi connectivity index (χ0) is 13.1. The Bertz CT molecular complexity index is 459. The molecule has 0 atom stereocenters. The largest absolute Gasteiger partial charge is 0.385 e. The second-order valence-electron chi connectivity index (χ2n) is 4.89. The van der Waals surface area contributed by atoms with Gasteiger partial charge in [-0.1, -0.05) is 24.4 Å². The van der Waals surface area contributed by atoms with E-state index < -0.39 is 4.92 Å². The molecule has 1 saturated carbocycles. The van der Waals surface area contributed by atoms with Crippen LogP contribution in [0.2, 0.25) is 5.02 Å². The van der Waals surface area contributed by atoms with Crippen molar-refractivity contribution in [3.05, 3.63) is 32.8 Å². The minimum atomic E-state index is -0.452. The highest BCUT2D eigenvalue weighted by molar-refractivity contribution is 6.33. The average molecular weight is 269 g/mol. The van der Waals surface area contributed by atoms with Crippen molar-refractivity contribution in [2.75, 3.05) is 11.9 Å². The number of rotatable bonds is 6. The Morgan fingerprint density at radius 3 is 2.83 bits per heavy atom. The molecular weight excluding hydrogens is 252 g/mol. The first-order chi connectivity index (χ1) is 8.58. The van der Waals surface area contributed by atoms with E-state index >= 15 is 0 Å². The molecule has 1 aromatic carbocycles. The quantitative estimate of drug-likeness (QED) is 0.479. The molecule has 0 aromatic heterocycles. The number of nitrogens with one attached hydrogen (secondary N) is 1. The molecular formula is C13H17ClN2O2. The van der Waals surface area contributed by atoms with Crippen LogP contribution in [0.5, 0.6) is 0 Å². The van der Waals surface area contributed by atoms with E-state index in [-0.39, 0.29) is 10.7 Å². The third-order valence-corrected chi connectivity index (χ3v) is 3.59. The smallest absolute Gasteiger partial charge is 0.288 e. The number of nitrogens with zero attached hydrogens (tertiary/aromatic N) is 1. The Morgan fingerprint density at radius 1 is 1.50 bits per heavy atom. The summed E-state index contributed by atoms with van der Waals surface area (Å²) in [5.74, 6) is 0.938. The molecule has 98 valence electrons. The van der Waals surface area contributed by atoms with Gasteiger partial charge in [0.1, 0.15) is 5.02 Å². The Balaban J connectivity index is 1.94. The number of nitro groups is 1. The van der Waals surface area contributed by atoms with Crippen molar-refractivity contribution >= 4 is 23.0 Å². The van der Waals surface area contributed by atoms with Gasteiger partial charge >= 0.3 is 0 Å². The molecule has 0 aliphatic heterocycles. The van der Waals surface area contributed by atoms with Crippen molar-refractivity contribution in [2.45, 2.75) is 32.6 Å². The van der Waals surface area contributed by atoms with E-state index in [1.54, 1.807) is 6.07 Å². The Kier molecular flexibility index (Phi) is 4.07. The number of halogens is 1. The fourth-order valence-electron chi connectivity index (χ4n) is 2.02. The van der Waals surface area contributed by atoms with E-state index in [1.165, 1.54) is 25.3 Å². The highest BCUT2D eigenvalue weighted by atomic mass is 35.5. The van der Waals surface area contributed by atoms with E-state index in [0.29, 0.717) is 0 Å². The lowest BCUT2D eigenvalue weighted by molar-refractivity contribution is -0.384. The SMILES string of the molecule is Cc1cc([N+](=O)[O-])c(Cl)cc1NCCCC1CC1. The molecule has 0 spiro atoms. The van der Waals surface area contributed by atoms with Crippen LogP contribution in [0, 0.1) is 23.0 Å². The standard InChI is InChI=1S/C13H17ClN2O2/c1-9-7-13(16(17)18)11(14)8-12(9)15-6-2-3-10-4-5-10/h7-8,10,15H,2-6H2,1H3. The van der Waals surface area contributed by atoms with Crippen LogP contribution >= 0.6 is 11.6 Å². The molecule has 1 aromatic rings. The van der Waals surface area contributed by atoms with Gasteiger partial charge < -0.3 is 5.32 Å². The van der Waals surface area contributed by atoms with Crippen LogP contribution < -0.4 is 5.32 Å². The van der Waals surface area contributed by atoms with Gasteiger partial charge in [0.2, 0.25) is 0 Å². The summed E-state index contributed by atoms with van der Waals surface area (Å²) in [5.41, 5.74) is 1.72. The number of anilines is 1. The van der Waals surface area contributed by atoms with Gasteiger partial charge in [-0.3, -0.25) is 10.1 Å². The van der Waals surface area contributed by atoms with Crippen molar-refractivity contribution in [3.8, 4) is 0 Å². The fourth-order valence-corrected chi connectivity index (χ4v) is 2.25. The summed E-state index contributed by atoms with van der Waals surface area (Å²) in [6.07, 6.45) is 5.16. The van der Waals surface area contributed by atoms with Crippen LogP contribution in [0.15, 0.2) is 12.1 Å². The number of benzene rings is 1. The maximum absolute atomic E-state index is 10.7. The maximum Gasteiger partial charge on any atom is 0.288 e. The van der Waals surface area contributed by atoms with E-state index in [0.717, 1.165) is 30.1 Å². The molecule has 0 bridgehead atoms. The first-order valence-electron chi connectivity index (χ1n) is 6.26. The number of aryl methyl sites for hydroxylation is 1. The summed E-state index contributed by atoms with van der Waals surface area (Å²) in [5, 5.41) is 14.2. The van der Waals surface area contributed by atoms with Crippen LogP contribution in [0.4, 0.5) is 11.4 Å². The van der Waals surface area contributed by atoms with E-state index in [1.807, 2.05) is 6.92 Å². The monoisotopic (exact) mass is 268 g/mol. The van der Waals surface area contributed by atoms with Crippen molar-refractivity contribution in [3.63, 3.8) is 0 Å². The van der Waals surface area contributed by atoms with Gasteiger partial charge in [0.05, 0.1) is 4.92 Å². The highest BCUT2D eigenvalue weighted by Gasteiger charge is 2.20. The zero-order valence-corrected chi connectivity index (χ0v) is 11.2. The molecule has 1 aliphatic rings. The van der Waals surface area contributed by atoms with Crippen molar-refractivity contribution in [1.29, 1.82) is 0 Å².